The lowest BCUT2D eigenvalue weighted by Crippen LogP contribution is -2.29. The van der Waals surface area contributed by atoms with E-state index >= 15 is 0 Å². The van der Waals surface area contributed by atoms with Gasteiger partial charge in [-0.15, -0.1) is 0 Å². The molecule has 4 heterocycles. The van der Waals surface area contributed by atoms with Gasteiger partial charge in [-0.3, -0.25) is 9.36 Å². The molecule has 0 aliphatic carbocycles. The van der Waals surface area contributed by atoms with Gasteiger partial charge in [0.1, 0.15) is 11.6 Å². The van der Waals surface area contributed by atoms with Crippen molar-refractivity contribution in [3.05, 3.63) is 94.4 Å². The molecule has 7 nitrogen and oxygen atoms in total. The molecule has 0 spiro atoms. The molecule has 1 atom stereocenters. The number of furan rings is 1. The molecule has 0 saturated carbocycles. The molecule has 0 fully saturated rings. The van der Waals surface area contributed by atoms with Crippen LogP contribution in [0.5, 0.6) is 0 Å². The van der Waals surface area contributed by atoms with Crippen LogP contribution in [-0.2, 0) is 12.3 Å². The number of para-hydroxylation sites is 2. The maximum absolute atomic E-state index is 13.3. The lowest BCUT2D eigenvalue weighted by molar-refractivity contribution is 0.372. The second-order valence-electron chi connectivity index (χ2n) is 7.65. The SMILES string of the molecule is O=c1c2ccccc2nc(CSC2=Nc3ccccc3C3CC=NN23)n1Cc1ccco1. The number of rotatable bonds is 4. The number of thioether (sulfide) groups is 1. The molecule has 0 N–H and O–H groups in total. The molecule has 0 radical (unpaired) electrons. The summed E-state index contributed by atoms with van der Waals surface area (Å²) in [7, 11) is 0. The Labute approximate surface area is 188 Å². The summed E-state index contributed by atoms with van der Waals surface area (Å²) in [6, 6.07) is 19.5. The molecule has 2 aliphatic heterocycles. The molecular weight excluding hydrogens is 422 g/mol. The highest BCUT2D eigenvalue weighted by Crippen LogP contribution is 2.41. The largest absolute Gasteiger partial charge is 0.467 e. The zero-order valence-corrected chi connectivity index (χ0v) is 17.9. The molecule has 0 saturated heterocycles. The van der Waals surface area contributed by atoms with E-state index in [0.717, 1.165) is 17.3 Å². The Morgan fingerprint density at radius 1 is 1.06 bits per heavy atom. The van der Waals surface area contributed by atoms with Gasteiger partial charge in [0, 0.05) is 18.2 Å². The highest BCUT2D eigenvalue weighted by molar-refractivity contribution is 8.13. The van der Waals surface area contributed by atoms with Gasteiger partial charge in [0.2, 0.25) is 0 Å². The fourth-order valence-corrected chi connectivity index (χ4v) is 5.10. The third-order valence-corrected chi connectivity index (χ3v) is 6.64. The number of hydrogen-bond donors (Lipinski definition) is 0. The van der Waals surface area contributed by atoms with E-state index in [0.29, 0.717) is 34.8 Å². The van der Waals surface area contributed by atoms with Gasteiger partial charge in [0.25, 0.3) is 5.56 Å². The van der Waals surface area contributed by atoms with Crippen LogP contribution in [0.4, 0.5) is 5.69 Å². The molecule has 0 amide bonds. The quantitative estimate of drug-likeness (QED) is 0.459. The van der Waals surface area contributed by atoms with Crippen LogP contribution in [0, 0.1) is 0 Å². The summed E-state index contributed by atoms with van der Waals surface area (Å²) in [5.74, 6) is 1.88. The summed E-state index contributed by atoms with van der Waals surface area (Å²) >= 11 is 1.54. The second-order valence-corrected chi connectivity index (χ2v) is 8.59. The van der Waals surface area contributed by atoms with Crippen LogP contribution in [0.3, 0.4) is 0 Å². The third kappa shape index (κ3) is 3.23. The van der Waals surface area contributed by atoms with Gasteiger partial charge < -0.3 is 4.42 Å². The van der Waals surface area contributed by atoms with Gasteiger partial charge in [-0.25, -0.2) is 15.0 Å². The molecule has 4 aromatic rings. The second kappa shape index (κ2) is 7.80. The first-order valence-electron chi connectivity index (χ1n) is 10.4. The zero-order chi connectivity index (χ0) is 21.5. The van der Waals surface area contributed by atoms with E-state index in [2.05, 4.69) is 11.2 Å². The van der Waals surface area contributed by atoms with Crippen LogP contribution in [0.2, 0.25) is 0 Å². The lowest BCUT2D eigenvalue weighted by atomic mass is 10.0. The molecule has 2 aromatic carbocycles. The number of amidine groups is 1. The Bertz CT molecular complexity index is 1420. The molecule has 1 unspecified atom stereocenters. The van der Waals surface area contributed by atoms with E-state index in [1.807, 2.05) is 65.8 Å². The van der Waals surface area contributed by atoms with Crippen LogP contribution < -0.4 is 5.56 Å². The summed E-state index contributed by atoms with van der Waals surface area (Å²) in [5, 5.41) is 7.94. The summed E-state index contributed by atoms with van der Waals surface area (Å²) in [5.41, 5.74) is 2.78. The number of hydrazone groups is 1. The van der Waals surface area contributed by atoms with Crippen molar-refractivity contribution in [2.24, 2.45) is 10.1 Å². The first-order chi connectivity index (χ1) is 15.8. The first kappa shape index (κ1) is 19.1. The standard InChI is InChI=1S/C24H19N5O2S/c30-23-18-8-2-4-10-20(18)26-22(28(23)14-16-6-5-13-31-16)15-32-24-27-19-9-3-1-7-17(19)21-11-12-25-29(21)24/h1-10,12-13,21H,11,14-15H2. The maximum Gasteiger partial charge on any atom is 0.261 e. The average Bonchev–Trinajstić information content (AvgIpc) is 3.52. The summed E-state index contributed by atoms with van der Waals surface area (Å²) in [4.78, 5) is 23.0. The van der Waals surface area contributed by atoms with Gasteiger partial charge in [-0.1, -0.05) is 42.1 Å². The number of nitrogens with zero attached hydrogens (tertiary/aromatic N) is 5. The molecule has 8 heteroatoms. The van der Waals surface area contributed by atoms with E-state index in [1.165, 1.54) is 5.56 Å². The Morgan fingerprint density at radius 3 is 2.84 bits per heavy atom. The number of fused-ring (bicyclic) bond motifs is 4. The fraction of sp³-hybridized carbons (Fsp3) is 0.167. The van der Waals surface area contributed by atoms with Crippen molar-refractivity contribution < 1.29 is 4.42 Å². The van der Waals surface area contributed by atoms with E-state index < -0.39 is 0 Å². The molecule has 32 heavy (non-hydrogen) atoms. The molecule has 6 rings (SSSR count). The summed E-state index contributed by atoms with van der Waals surface area (Å²) in [6.45, 7) is 0.333. The van der Waals surface area contributed by atoms with E-state index in [4.69, 9.17) is 14.4 Å². The van der Waals surface area contributed by atoms with Crippen molar-refractivity contribution in [1.82, 2.24) is 14.6 Å². The number of benzene rings is 2. The van der Waals surface area contributed by atoms with Crippen molar-refractivity contribution in [2.75, 3.05) is 0 Å². The minimum atomic E-state index is -0.0735. The number of aliphatic imine (C=N–C) groups is 1. The molecular formula is C24H19N5O2S. The van der Waals surface area contributed by atoms with Crippen LogP contribution >= 0.6 is 11.8 Å². The minimum Gasteiger partial charge on any atom is -0.467 e. The molecule has 2 aliphatic rings. The first-order valence-corrected chi connectivity index (χ1v) is 11.4. The van der Waals surface area contributed by atoms with E-state index in [9.17, 15) is 4.79 Å². The summed E-state index contributed by atoms with van der Waals surface area (Å²) < 4.78 is 7.20. The fourth-order valence-electron chi connectivity index (χ4n) is 4.16. The van der Waals surface area contributed by atoms with Crippen LogP contribution in [0.15, 0.2) is 86.2 Å². The van der Waals surface area contributed by atoms with Crippen molar-refractivity contribution in [3.8, 4) is 0 Å². The average molecular weight is 442 g/mol. The van der Waals surface area contributed by atoms with Crippen LogP contribution in [0.1, 0.15) is 29.6 Å². The Kier molecular flexibility index (Phi) is 4.65. The topological polar surface area (TPSA) is 76.0 Å². The van der Waals surface area contributed by atoms with Crippen molar-refractivity contribution >= 4 is 39.7 Å². The third-order valence-electron chi connectivity index (χ3n) is 5.70. The Morgan fingerprint density at radius 2 is 1.94 bits per heavy atom. The normalized spacial score (nSPS) is 16.8. The predicted molar refractivity (Wildman–Crippen MR) is 126 cm³/mol. The van der Waals surface area contributed by atoms with Gasteiger partial charge in [-0.2, -0.15) is 5.10 Å². The van der Waals surface area contributed by atoms with Gasteiger partial charge in [0.05, 0.1) is 41.2 Å². The lowest BCUT2D eigenvalue weighted by Gasteiger charge is -2.29. The Balaban J connectivity index is 1.38. The van der Waals surface area contributed by atoms with E-state index in [-0.39, 0.29) is 11.6 Å². The number of aromatic nitrogens is 2. The smallest absolute Gasteiger partial charge is 0.261 e. The van der Waals surface area contributed by atoms with Crippen molar-refractivity contribution in [1.29, 1.82) is 0 Å². The summed E-state index contributed by atoms with van der Waals surface area (Å²) in [6.07, 6.45) is 4.40. The van der Waals surface area contributed by atoms with Crippen molar-refractivity contribution in [2.45, 2.75) is 24.8 Å². The zero-order valence-electron chi connectivity index (χ0n) is 17.1. The highest BCUT2D eigenvalue weighted by Gasteiger charge is 2.32. The molecule has 2 aromatic heterocycles. The number of hydrogen-bond acceptors (Lipinski definition) is 7. The molecule has 0 bridgehead atoms. The van der Waals surface area contributed by atoms with Gasteiger partial charge >= 0.3 is 0 Å². The molecule has 158 valence electrons. The highest BCUT2D eigenvalue weighted by atomic mass is 32.2. The minimum absolute atomic E-state index is 0.0735. The van der Waals surface area contributed by atoms with Crippen molar-refractivity contribution in [3.63, 3.8) is 0 Å². The monoisotopic (exact) mass is 441 g/mol. The maximum atomic E-state index is 13.3. The van der Waals surface area contributed by atoms with Crippen LogP contribution in [0.25, 0.3) is 10.9 Å². The Hall–Kier alpha value is -3.65. The van der Waals surface area contributed by atoms with Gasteiger partial charge in [-0.05, 0) is 30.3 Å². The van der Waals surface area contributed by atoms with Crippen LogP contribution in [-0.4, -0.2) is 25.9 Å². The van der Waals surface area contributed by atoms with Gasteiger partial charge in [0.15, 0.2) is 5.17 Å². The predicted octanol–water partition coefficient (Wildman–Crippen LogP) is 4.70. The van der Waals surface area contributed by atoms with E-state index in [1.54, 1.807) is 22.6 Å².